The minimum absolute atomic E-state index is 0.0973. The monoisotopic (exact) mass is 151 g/mol. The molecule has 0 aromatic carbocycles. The van der Waals surface area contributed by atoms with Crippen molar-refractivity contribution in [1.82, 2.24) is 0 Å². The molecule has 2 N–H and O–H groups in total. The topological polar surface area (TPSA) is 39.2 Å². The van der Waals surface area contributed by atoms with Crippen molar-refractivity contribution in [3.63, 3.8) is 0 Å². The normalized spacial score (nSPS) is 15.0. The highest BCUT2D eigenvalue weighted by Gasteiger charge is 1.97. The molecule has 1 aromatic heterocycles. The lowest BCUT2D eigenvalue weighted by atomic mass is 10.1. The highest BCUT2D eigenvalue weighted by atomic mass is 16.3. The van der Waals surface area contributed by atoms with Gasteiger partial charge in [0.15, 0.2) is 0 Å². The molecule has 0 amide bonds. The standard InChI is InChI=1S/C9H13NO/c1-7(8(2)10)6-9-4-3-5-11-9/h3-6,8H,10H2,1-2H3/b7-6+/t8-/m1/s1. The zero-order valence-electron chi connectivity index (χ0n) is 6.87. The van der Waals surface area contributed by atoms with Gasteiger partial charge in [0, 0.05) is 6.04 Å². The van der Waals surface area contributed by atoms with Gasteiger partial charge in [-0.15, -0.1) is 0 Å². The van der Waals surface area contributed by atoms with Crippen molar-refractivity contribution in [2.24, 2.45) is 5.73 Å². The molecule has 1 atom stereocenters. The van der Waals surface area contributed by atoms with Crippen LogP contribution < -0.4 is 5.73 Å². The Morgan fingerprint density at radius 3 is 2.91 bits per heavy atom. The third kappa shape index (κ3) is 2.24. The summed E-state index contributed by atoms with van der Waals surface area (Å²) in [7, 11) is 0. The van der Waals surface area contributed by atoms with E-state index in [1.54, 1.807) is 6.26 Å². The second kappa shape index (κ2) is 3.39. The Bertz CT molecular complexity index is 234. The molecule has 0 aliphatic rings. The van der Waals surface area contributed by atoms with Crippen LogP contribution in [0.4, 0.5) is 0 Å². The van der Waals surface area contributed by atoms with Crippen molar-refractivity contribution in [3.8, 4) is 0 Å². The number of hydrogen-bond acceptors (Lipinski definition) is 2. The molecule has 0 saturated carbocycles. The zero-order valence-corrected chi connectivity index (χ0v) is 6.87. The Kier molecular flexibility index (Phi) is 2.49. The van der Waals surface area contributed by atoms with E-state index in [-0.39, 0.29) is 6.04 Å². The van der Waals surface area contributed by atoms with Crippen LogP contribution in [0.2, 0.25) is 0 Å². The van der Waals surface area contributed by atoms with Gasteiger partial charge in [-0.25, -0.2) is 0 Å². The van der Waals surface area contributed by atoms with Crippen LogP contribution in [0.25, 0.3) is 6.08 Å². The highest BCUT2D eigenvalue weighted by Crippen LogP contribution is 2.08. The molecule has 0 spiro atoms. The maximum atomic E-state index is 5.64. The first-order valence-electron chi connectivity index (χ1n) is 3.67. The Morgan fingerprint density at radius 2 is 2.45 bits per heavy atom. The third-order valence-corrected chi connectivity index (χ3v) is 1.63. The summed E-state index contributed by atoms with van der Waals surface area (Å²) < 4.78 is 5.12. The highest BCUT2D eigenvalue weighted by molar-refractivity contribution is 5.47. The van der Waals surface area contributed by atoms with E-state index in [1.807, 2.05) is 32.1 Å². The van der Waals surface area contributed by atoms with E-state index in [9.17, 15) is 0 Å². The fraction of sp³-hybridized carbons (Fsp3) is 0.333. The summed E-state index contributed by atoms with van der Waals surface area (Å²) in [6.07, 6.45) is 3.60. The third-order valence-electron chi connectivity index (χ3n) is 1.63. The Morgan fingerprint density at radius 1 is 1.73 bits per heavy atom. The van der Waals surface area contributed by atoms with Crippen molar-refractivity contribution in [2.45, 2.75) is 19.9 Å². The largest absolute Gasteiger partial charge is 0.465 e. The summed E-state index contributed by atoms with van der Waals surface area (Å²) in [6, 6.07) is 3.87. The average Bonchev–Trinajstić information content (AvgIpc) is 2.39. The summed E-state index contributed by atoms with van der Waals surface area (Å²) in [5, 5.41) is 0. The van der Waals surface area contributed by atoms with Gasteiger partial charge in [0.05, 0.1) is 6.26 Å². The van der Waals surface area contributed by atoms with Crippen molar-refractivity contribution in [1.29, 1.82) is 0 Å². The molecular formula is C9H13NO. The first kappa shape index (κ1) is 8.08. The number of nitrogens with two attached hydrogens (primary N) is 1. The first-order valence-corrected chi connectivity index (χ1v) is 3.67. The second-order valence-corrected chi connectivity index (χ2v) is 2.69. The second-order valence-electron chi connectivity index (χ2n) is 2.69. The molecule has 1 rings (SSSR count). The molecule has 11 heavy (non-hydrogen) atoms. The van der Waals surface area contributed by atoms with Gasteiger partial charge >= 0.3 is 0 Å². The molecule has 1 heterocycles. The lowest BCUT2D eigenvalue weighted by Gasteiger charge is -2.02. The minimum Gasteiger partial charge on any atom is -0.465 e. The first-order chi connectivity index (χ1) is 5.20. The van der Waals surface area contributed by atoms with Gasteiger partial charge < -0.3 is 10.2 Å². The van der Waals surface area contributed by atoms with Crippen molar-refractivity contribution >= 4 is 6.08 Å². The van der Waals surface area contributed by atoms with Crippen LogP contribution >= 0.6 is 0 Å². The Labute approximate surface area is 66.7 Å². The minimum atomic E-state index is 0.0973. The van der Waals surface area contributed by atoms with E-state index in [0.29, 0.717) is 0 Å². The molecular weight excluding hydrogens is 138 g/mol. The van der Waals surface area contributed by atoms with Crippen LogP contribution in [0, 0.1) is 0 Å². The van der Waals surface area contributed by atoms with Gasteiger partial charge in [-0.1, -0.05) is 5.57 Å². The molecule has 60 valence electrons. The van der Waals surface area contributed by atoms with Gasteiger partial charge in [-0.2, -0.15) is 0 Å². The van der Waals surface area contributed by atoms with E-state index >= 15 is 0 Å². The summed E-state index contributed by atoms with van der Waals surface area (Å²) in [5.74, 6) is 0.861. The quantitative estimate of drug-likeness (QED) is 0.702. The van der Waals surface area contributed by atoms with Crippen molar-refractivity contribution < 1.29 is 4.42 Å². The van der Waals surface area contributed by atoms with E-state index in [2.05, 4.69) is 0 Å². The van der Waals surface area contributed by atoms with E-state index in [0.717, 1.165) is 11.3 Å². The summed E-state index contributed by atoms with van der Waals surface area (Å²) >= 11 is 0. The van der Waals surface area contributed by atoms with Crippen LogP contribution in [-0.2, 0) is 0 Å². The van der Waals surface area contributed by atoms with E-state index in [1.165, 1.54) is 0 Å². The number of furan rings is 1. The summed E-state index contributed by atoms with van der Waals surface area (Å²) in [4.78, 5) is 0. The van der Waals surface area contributed by atoms with E-state index < -0.39 is 0 Å². The van der Waals surface area contributed by atoms with Crippen LogP contribution in [0.5, 0.6) is 0 Å². The zero-order chi connectivity index (χ0) is 8.27. The molecule has 0 saturated heterocycles. The van der Waals surface area contributed by atoms with Crippen molar-refractivity contribution in [2.75, 3.05) is 0 Å². The predicted octanol–water partition coefficient (Wildman–Crippen LogP) is 2.03. The maximum absolute atomic E-state index is 5.64. The molecule has 1 aromatic rings. The molecule has 2 heteroatoms. The van der Waals surface area contributed by atoms with Crippen LogP contribution in [-0.4, -0.2) is 6.04 Å². The van der Waals surface area contributed by atoms with Gasteiger partial charge in [-0.05, 0) is 32.1 Å². The fourth-order valence-corrected chi connectivity index (χ4v) is 0.729. The fourth-order valence-electron chi connectivity index (χ4n) is 0.729. The van der Waals surface area contributed by atoms with E-state index in [4.69, 9.17) is 10.2 Å². The lowest BCUT2D eigenvalue weighted by molar-refractivity contribution is 0.556. The number of hydrogen-bond donors (Lipinski definition) is 1. The van der Waals surface area contributed by atoms with Gasteiger partial charge in [0.25, 0.3) is 0 Å². The molecule has 0 radical (unpaired) electrons. The Balaban J connectivity index is 2.74. The lowest BCUT2D eigenvalue weighted by Crippen LogP contribution is -2.15. The van der Waals surface area contributed by atoms with Gasteiger partial charge in [-0.3, -0.25) is 0 Å². The smallest absolute Gasteiger partial charge is 0.126 e. The molecule has 0 aliphatic carbocycles. The molecule has 0 fully saturated rings. The van der Waals surface area contributed by atoms with Crippen molar-refractivity contribution in [3.05, 3.63) is 29.7 Å². The summed E-state index contributed by atoms with van der Waals surface area (Å²) in [5.41, 5.74) is 6.77. The SMILES string of the molecule is C/C(=C\c1ccco1)[C@@H](C)N. The van der Waals surface area contributed by atoms with Crippen LogP contribution in [0.1, 0.15) is 19.6 Å². The molecule has 0 unspecified atom stereocenters. The molecule has 0 bridgehead atoms. The predicted molar refractivity (Wildman–Crippen MR) is 46.0 cm³/mol. The van der Waals surface area contributed by atoms with Gasteiger partial charge in [0.1, 0.15) is 5.76 Å². The molecule has 2 nitrogen and oxygen atoms in total. The average molecular weight is 151 g/mol. The Hall–Kier alpha value is -1.02. The number of rotatable bonds is 2. The summed E-state index contributed by atoms with van der Waals surface area (Å²) in [6.45, 7) is 3.95. The van der Waals surface area contributed by atoms with Crippen LogP contribution in [0.3, 0.4) is 0 Å². The van der Waals surface area contributed by atoms with Crippen LogP contribution in [0.15, 0.2) is 28.4 Å². The van der Waals surface area contributed by atoms with Gasteiger partial charge in [0.2, 0.25) is 0 Å². The molecule has 0 aliphatic heterocycles. The maximum Gasteiger partial charge on any atom is 0.126 e.